The van der Waals surface area contributed by atoms with Gasteiger partial charge in [0.25, 0.3) is 0 Å². The van der Waals surface area contributed by atoms with Gasteiger partial charge in [-0.25, -0.2) is 9.07 Å². The second kappa shape index (κ2) is 4.68. The molecule has 2 rings (SSSR count). The normalized spacial score (nSPS) is 12.2. The summed E-state index contributed by atoms with van der Waals surface area (Å²) in [6.07, 6.45) is -4.49. The van der Waals surface area contributed by atoms with Crippen LogP contribution in [-0.4, -0.2) is 9.78 Å². The van der Waals surface area contributed by atoms with Crippen LogP contribution in [0.15, 0.2) is 30.3 Å². The number of benzene rings is 1. The molecule has 1 aromatic heterocycles. The third-order valence-corrected chi connectivity index (χ3v) is 2.69. The van der Waals surface area contributed by atoms with Crippen molar-refractivity contribution in [2.24, 2.45) is 0 Å². The monoisotopic (exact) mass is 272 g/mol. The lowest BCUT2D eigenvalue weighted by atomic mass is 10.1. The van der Waals surface area contributed by atoms with Crippen molar-refractivity contribution >= 4 is 0 Å². The van der Waals surface area contributed by atoms with Gasteiger partial charge in [0.2, 0.25) is 0 Å². The third-order valence-electron chi connectivity index (χ3n) is 2.69. The van der Waals surface area contributed by atoms with Crippen molar-refractivity contribution in [3.63, 3.8) is 0 Å². The molecule has 0 unspecified atom stereocenters. The van der Waals surface area contributed by atoms with Gasteiger partial charge in [0.15, 0.2) is 5.69 Å². The average molecular weight is 272 g/mol. The van der Waals surface area contributed by atoms with Gasteiger partial charge in [0.05, 0.1) is 5.69 Å². The fourth-order valence-corrected chi connectivity index (χ4v) is 1.73. The minimum absolute atomic E-state index is 0.131. The first-order chi connectivity index (χ1) is 8.79. The molecule has 0 spiro atoms. The number of alkyl halides is 3. The van der Waals surface area contributed by atoms with E-state index in [0.717, 1.165) is 6.07 Å². The molecule has 2 nitrogen and oxygen atoms in total. The number of aromatic nitrogens is 2. The zero-order valence-electron chi connectivity index (χ0n) is 10.4. The van der Waals surface area contributed by atoms with Crippen LogP contribution < -0.4 is 0 Å². The largest absolute Gasteiger partial charge is 0.435 e. The van der Waals surface area contributed by atoms with Crippen molar-refractivity contribution in [2.75, 3.05) is 0 Å². The van der Waals surface area contributed by atoms with E-state index in [4.69, 9.17) is 0 Å². The maximum Gasteiger partial charge on any atom is 0.435 e. The van der Waals surface area contributed by atoms with Crippen molar-refractivity contribution in [1.82, 2.24) is 9.78 Å². The first-order valence-corrected chi connectivity index (χ1v) is 5.72. The molecule has 6 heteroatoms. The van der Waals surface area contributed by atoms with E-state index in [1.165, 1.54) is 28.9 Å². The molecule has 0 aliphatic carbocycles. The molecule has 0 aliphatic heterocycles. The molecule has 1 aromatic carbocycles. The van der Waals surface area contributed by atoms with E-state index in [1.807, 2.05) is 0 Å². The van der Waals surface area contributed by atoms with Crippen LogP contribution >= 0.6 is 0 Å². The summed E-state index contributed by atoms with van der Waals surface area (Å²) in [5.74, 6) is -0.577. The van der Waals surface area contributed by atoms with Crippen molar-refractivity contribution in [2.45, 2.75) is 25.9 Å². The molecule has 0 amide bonds. The fourth-order valence-electron chi connectivity index (χ4n) is 1.73. The van der Waals surface area contributed by atoms with Gasteiger partial charge in [-0.1, -0.05) is 13.8 Å². The SMILES string of the molecule is CC(C)c1cc(C(F)(F)F)nn1-c1ccc(F)cc1. The van der Waals surface area contributed by atoms with Crippen LogP contribution in [0.1, 0.15) is 31.2 Å². The minimum atomic E-state index is -4.49. The Balaban J connectivity index is 2.55. The first-order valence-electron chi connectivity index (χ1n) is 5.72. The van der Waals surface area contributed by atoms with E-state index >= 15 is 0 Å². The van der Waals surface area contributed by atoms with Crippen LogP contribution in [0, 0.1) is 5.82 Å². The average Bonchev–Trinajstić information content (AvgIpc) is 2.74. The molecule has 0 atom stereocenters. The Morgan fingerprint density at radius 3 is 2.16 bits per heavy atom. The maximum absolute atomic E-state index is 12.8. The molecule has 0 aliphatic rings. The van der Waals surface area contributed by atoms with Crippen molar-refractivity contribution in [3.05, 3.63) is 47.5 Å². The third kappa shape index (κ3) is 2.77. The van der Waals surface area contributed by atoms with Gasteiger partial charge in [0, 0.05) is 5.69 Å². The molecule has 0 radical (unpaired) electrons. The number of rotatable bonds is 2. The Morgan fingerprint density at radius 1 is 1.11 bits per heavy atom. The zero-order chi connectivity index (χ0) is 14.2. The number of hydrogen-bond donors (Lipinski definition) is 0. The van der Waals surface area contributed by atoms with Gasteiger partial charge in [0.1, 0.15) is 5.82 Å². The van der Waals surface area contributed by atoms with Gasteiger partial charge < -0.3 is 0 Å². The molecule has 2 aromatic rings. The molecule has 19 heavy (non-hydrogen) atoms. The van der Waals surface area contributed by atoms with E-state index in [9.17, 15) is 17.6 Å². The first kappa shape index (κ1) is 13.6. The van der Waals surface area contributed by atoms with Crippen molar-refractivity contribution < 1.29 is 17.6 Å². The van der Waals surface area contributed by atoms with Gasteiger partial charge in [-0.3, -0.25) is 0 Å². The van der Waals surface area contributed by atoms with E-state index in [-0.39, 0.29) is 5.92 Å². The molecular formula is C13H12F4N2. The van der Waals surface area contributed by atoms with Crippen LogP contribution in [-0.2, 0) is 6.18 Å². The summed E-state index contributed by atoms with van der Waals surface area (Å²) in [6, 6.07) is 6.19. The van der Waals surface area contributed by atoms with Crippen LogP contribution in [0.4, 0.5) is 17.6 Å². The molecule has 0 saturated carbocycles. The van der Waals surface area contributed by atoms with E-state index in [2.05, 4.69) is 5.10 Å². The standard InChI is InChI=1S/C13H12F4N2/c1-8(2)11-7-12(13(15,16)17)18-19(11)10-5-3-9(14)4-6-10/h3-8H,1-2H3. The zero-order valence-corrected chi connectivity index (χ0v) is 10.4. The van der Waals surface area contributed by atoms with Gasteiger partial charge in [-0.2, -0.15) is 18.3 Å². The number of hydrogen-bond acceptors (Lipinski definition) is 1. The van der Waals surface area contributed by atoms with E-state index in [1.54, 1.807) is 13.8 Å². The Kier molecular flexibility index (Phi) is 3.34. The molecule has 0 bridgehead atoms. The molecule has 0 saturated heterocycles. The summed E-state index contributed by atoms with van der Waals surface area (Å²) in [6.45, 7) is 3.55. The van der Waals surface area contributed by atoms with Crippen LogP contribution in [0.2, 0.25) is 0 Å². The van der Waals surface area contributed by atoms with Gasteiger partial charge in [-0.15, -0.1) is 0 Å². The van der Waals surface area contributed by atoms with Gasteiger partial charge >= 0.3 is 6.18 Å². The lowest BCUT2D eigenvalue weighted by Crippen LogP contribution is -2.08. The molecule has 1 heterocycles. The predicted octanol–water partition coefficient (Wildman–Crippen LogP) is 4.15. The quantitative estimate of drug-likeness (QED) is 0.751. The molecular weight excluding hydrogens is 260 g/mol. The number of nitrogens with zero attached hydrogens (tertiary/aromatic N) is 2. The van der Waals surface area contributed by atoms with E-state index in [0.29, 0.717) is 11.4 Å². The smallest absolute Gasteiger partial charge is 0.237 e. The summed E-state index contributed by atoms with van der Waals surface area (Å²) in [7, 11) is 0. The Labute approximate surface area is 107 Å². The Hall–Kier alpha value is -1.85. The highest BCUT2D eigenvalue weighted by molar-refractivity contribution is 5.35. The lowest BCUT2D eigenvalue weighted by molar-refractivity contribution is -0.141. The summed E-state index contributed by atoms with van der Waals surface area (Å²) >= 11 is 0. The molecule has 0 fully saturated rings. The summed E-state index contributed by atoms with van der Waals surface area (Å²) in [5.41, 5.74) is -0.111. The molecule has 0 N–H and O–H groups in total. The second-order valence-corrected chi connectivity index (χ2v) is 4.50. The van der Waals surface area contributed by atoms with Crippen molar-refractivity contribution in [3.8, 4) is 5.69 Å². The summed E-state index contributed by atoms with van der Waals surface area (Å²) in [5, 5.41) is 3.57. The van der Waals surface area contributed by atoms with E-state index < -0.39 is 17.7 Å². The maximum atomic E-state index is 12.8. The topological polar surface area (TPSA) is 17.8 Å². The minimum Gasteiger partial charge on any atom is -0.237 e. The highest BCUT2D eigenvalue weighted by atomic mass is 19.4. The highest BCUT2D eigenvalue weighted by Crippen LogP contribution is 2.31. The van der Waals surface area contributed by atoms with Gasteiger partial charge in [-0.05, 0) is 36.2 Å². The predicted molar refractivity (Wildman–Crippen MR) is 62.6 cm³/mol. The van der Waals surface area contributed by atoms with Crippen LogP contribution in [0.25, 0.3) is 5.69 Å². The van der Waals surface area contributed by atoms with Crippen LogP contribution in [0.5, 0.6) is 0 Å². The lowest BCUT2D eigenvalue weighted by Gasteiger charge is -2.09. The second-order valence-electron chi connectivity index (χ2n) is 4.50. The van der Waals surface area contributed by atoms with Crippen LogP contribution in [0.3, 0.4) is 0 Å². The van der Waals surface area contributed by atoms with Crippen molar-refractivity contribution in [1.29, 1.82) is 0 Å². The molecule has 102 valence electrons. The Morgan fingerprint density at radius 2 is 1.68 bits per heavy atom. The summed E-state index contributed by atoms with van der Waals surface area (Å²) < 4.78 is 52.1. The number of halogens is 4. The highest BCUT2D eigenvalue weighted by Gasteiger charge is 2.35. The summed E-state index contributed by atoms with van der Waals surface area (Å²) in [4.78, 5) is 0. The Bertz CT molecular complexity index is 567. The fraction of sp³-hybridized carbons (Fsp3) is 0.308.